The number of carbonyl (C=O) groups excluding carboxylic acids is 1. The van der Waals surface area contributed by atoms with Gasteiger partial charge in [0, 0.05) is 19.0 Å². The monoisotopic (exact) mass is 377 g/mol. The molecule has 2 aliphatic heterocycles. The molecule has 1 amide bonds. The molecule has 4 rings (SSSR count). The number of ether oxygens (including phenoxy) is 1. The van der Waals surface area contributed by atoms with Crippen LogP contribution in [0, 0.1) is 5.41 Å². The van der Waals surface area contributed by atoms with Gasteiger partial charge in [-0.25, -0.2) is 0 Å². The van der Waals surface area contributed by atoms with E-state index in [4.69, 9.17) is 4.74 Å². The zero-order valence-corrected chi connectivity index (χ0v) is 14.4. The summed E-state index contributed by atoms with van der Waals surface area (Å²) in [5.41, 5.74) is -1.15. The molecule has 0 aliphatic carbocycles. The number of aliphatic hydroxyl groups excluding tert-OH is 1. The van der Waals surface area contributed by atoms with E-state index < -0.39 is 23.1 Å². The summed E-state index contributed by atoms with van der Waals surface area (Å²) >= 11 is 0. The Morgan fingerprint density at radius 3 is 2.63 bits per heavy atom. The van der Waals surface area contributed by atoms with Crippen LogP contribution in [0.2, 0.25) is 0 Å². The SMILES string of the molecule is O=C(c1ccccc1C(F)(F)F)N1C[C@H]2c3ccccc3OC[C@@]2(CO)C1. The van der Waals surface area contributed by atoms with Gasteiger partial charge in [0.05, 0.1) is 29.8 Å². The van der Waals surface area contributed by atoms with E-state index >= 15 is 0 Å². The van der Waals surface area contributed by atoms with Gasteiger partial charge < -0.3 is 14.7 Å². The number of nitrogens with zero attached hydrogens (tertiary/aromatic N) is 1. The zero-order chi connectivity index (χ0) is 19.2. The summed E-state index contributed by atoms with van der Waals surface area (Å²) in [6.45, 7) is 0.395. The number of fused-ring (bicyclic) bond motifs is 3. The molecule has 1 saturated heterocycles. The molecule has 0 radical (unpaired) electrons. The van der Waals surface area contributed by atoms with E-state index in [-0.39, 0.29) is 37.8 Å². The topological polar surface area (TPSA) is 49.8 Å². The smallest absolute Gasteiger partial charge is 0.417 e. The minimum absolute atomic E-state index is 0.146. The molecule has 2 aromatic carbocycles. The van der Waals surface area contributed by atoms with Crippen LogP contribution in [0.25, 0.3) is 0 Å². The first-order chi connectivity index (χ1) is 12.9. The minimum Gasteiger partial charge on any atom is -0.493 e. The lowest BCUT2D eigenvalue weighted by Gasteiger charge is -2.37. The number of alkyl halides is 3. The van der Waals surface area contributed by atoms with Crippen molar-refractivity contribution in [2.75, 3.05) is 26.3 Å². The molecule has 0 saturated carbocycles. The average molecular weight is 377 g/mol. The van der Waals surface area contributed by atoms with Gasteiger partial charge in [0.1, 0.15) is 5.75 Å². The molecule has 0 aromatic heterocycles. The molecule has 1 fully saturated rings. The van der Waals surface area contributed by atoms with Crippen LogP contribution in [-0.4, -0.2) is 42.2 Å². The number of benzene rings is 2. The van der Waals surface area contributed by atoms with E-state index in [2.05, 4.69) is 0 Å². The third kappa shape index (κ3) is 2.86. The predicted molar refractivity (Wildman–Crippen MR) is 91.5 cm³/mol. The largest absolute Gasteiger partial charge is 0.493 e. The van der Waals surface area contributed by atoms with Crippen LogP contribution in [0.15, 0.2) is 48.5 Å². The van der Waals surface area contributed by atoms with Gasteiger partial charge in [-0.3, -0.25) is 4.79 Å². The van der Waals surface area contributed by atoms with Crippen LogP contribution in [0.3, 0.4) is 0 Å². The molecule has 142 valence electrons. The predicted octanol–water partition coefficient (Wildman–Crippen LogP) is 3.32. The van der Waals surface area contributed by atoms with E-state index in [1.165, 1.54) is 23.1 Å². The second-order valence-electron chi connectivity index (χ2n) is 7.13. The van der Waals surface area contributed by atoms with Crippen molar-refractivity contribution in [3.8, 4) is 5.75 Å². The second-order valence-corrected chi connectivity index (χ2v) is 7.13. The van der Waals surface area contributed by atoms with Gasteiger partial charge in [-0.05, 0) is 23.8 Å². The molecule has 0 bridgehead atoms. The summed E-state index contributed by atoms with van der Waals surface area (Å²) in [5.74, 6) is -0.173. The number of hydrogen-bond acceptors (Lipinski definition) is 3. The van der Waals surface area contributed by atoms with Gasteiger partial charge in [-0.2, -0.15) is 13.2 Å². The molecular weight excluding hydrogens is 359 g/mol. The Balaban J connectivity index is 1.69. The molecular formula is C20H18F3NO3. The molecule has 0 spiro atoms. The van der Waals surface area contributed by atoms with Crippen LogP contribution in [0.4, 0.5) is 13.2 Å². The fourth-order valence-corrected chi connectivity index (χ4v) is 4.11. The summed E-state index contributed by atoms with van der Waals surface area (Å²) < 4.78 is 45.7. The molecule has 2 aromatic rings. The van der Waals surface area contributed by atoms with Crippen LogP contribution in [0.1, 0.15) is 27.4 Å². The highest BCUT2D eigenvalue weighted by Gasteiger charge is 2.52. The first-order valence-corrected chi connectivity index (χ1v) is 8.64. The van der Waals surface area contributed by atoms with Crippen molar-refractivity contribution >= 4 is 5.91 Å². The standard InChI is InChI=1S/C20H18F3NO3/c21-20(22,23)15-7-3-1-6-14(15)18(26)24-9-16-13-5-2-4-8-17(13)27-12-19(16,10-24)11-25/h1-8,16,25H,9-12H2/t16-,19-/m0/s1. The van der Waals surface area contributed by atoms with Crippen molar-refractivity contribution in [3.63, 3.8) is 0 Å². The summed E-state index contributed by atoms with van der Waals surface area (Å²) in [6, 6.07) is 12.2. The van der Waals surface area contributed by atoms with E-state index in [0.717, 1.165) is 11.6 Å². The molecule has 4 nitrogen and oxygen atoms in total. The Bertz CT molecular complexity index is 883. The molecule has 1 N–H and O–H groups in total. The average Bonchev–Trinajstić information content (AvgIpc) is 3.07. The Morgan fingerprint density at radius 2 is 1.89 bits per heavy atom. The van der Waals surface area contributed by atoms with Gasteiger partial charge in [-0.15, -0.1) is 0 Å². The maximum absolute atomic E-state index is 13.3. The third-order valence-corrected chi connectivity index (χ3v) is 5.52. The fourth-order valence-electron chi connectivity index (χ4n) is 4.11. The van der Waals surface area contributed by atoms with Crippen LogP contribution in [0.5, 0.6) is 5.75 Å². The second kappa shape index (κ2) is 6.27. The van der Waals surface area contributed by atoms with Crippen molar-refractivity contribution in [2.24, 2.45) is 5.41 Å². The maximum atomic E-state index is 13.3. The molecule has 7 heteroatoms. The summed E-state index contributed by atoms with van der Waals surface area (Å²) in [5, 5.41) is 10.0. The highest BCUT2D eigenvalue weighted by Crippen LogP contribution is 2.49. The normalized spacial score (nSPS) is 24.1. The highest BCUT2D eigenvalue weighted by atomic mass is 19.4. The van der Waals surface area contributed by atoms with Gasteiger partial charge >= 0.3 is 6.18 Å². The molecule has 2 heterocycles. The van der Waals surface area contributed by atoms with E-state index in [9.17, 15) is 23.1 Å². The summed E-state index contributed by atoms with van der Waals surface area (Å²) in [6.07, 6.45) is -4.61. The van der Waals surface area contributed by atoms with Crippen molar-refractivity contribution in [3.05, 3.63) is 65.2 Å². The lowest BCUT2D eigenvalue weighted by atomic mass is 9.74. The van der Waals surface area contributed by atoms with Crippen molar-refractivity contribution in [1.29, 1.82) is 0 Å². The minimum atomic E-state index is -4.61. The van der Waals surface area contributed by atoms with Gasteiger partial charge in [-0.1, -0.05) is 30.3 Å². The van der Waals surface area contributed by atoms with Crippen LogP contribution >= 0.6 is 0 Å². The quantitative estimate of drug-likeness (QED) is 0.874. The maximum Gasteiger partial charge on any atom is 0.417 e. The van der Waals surface area contributed by atoms with Gasteiger partial charge in [0.15, 0.2) is 0 Å². The summed E-state index contributed by atoms with van der Waals surface area (Å²) in [7, 11) is 0. The summed E-state index contributed by atoms with van der Waals surface area (Å²) in [4.78, 5) is 14.3. The van der Waals surface area contributed by atoms with E-state index in [0.29, 0.717) is 5.75 Å². The Kier molecular flexibility index (Phi) is 4.14. The van der Waals surface area contributed by atoms with E-state index in [1.54, 1.807) is 0 Å². The number of amides is 1. The third-order valence-electron chi connectivity index (χ3n) is 5.52. The number of aliphatic hydroxyl groups is 1. The number of halogens is 3. The fraction of sp³-hybridized carbons (Fsp3) is 0.350. The Hall–Kier alpha value is -2.54. The Morgan fingerprint density at radius 1 is 1.19 bits per heavy atom. The van der Waals surface area contributed by atoms with Gasteiger partial charge in [0.25, 0.3) is 5.91 Å². The van der Waals surface area contributed by atoms with E-state index in [1.807, 2.05) is 24.3 Å². The Labute approximate surface area is 154 Å². The van der Waals surface area contributed by atoms with Crippen molar-refractivity contribution in [1.82, 2.24) is 4.90 Å². The molecule has 2 atom stereocenters. The lowest BCUT2D eigenvalue weighted by Crippen LogP contribution is -2.42. The van der Waals surface area contributed by atoms with Crippen LogP contribution < -0.4 is 4.74 Å². The number of para-hydroxylation sites is 1. The zero-order valence-electron chi connectivity index (χ0n) is 14.4. The lowest BCUT2D eigenvalue weighted by molar-refractivity contribution is -0.138. The van der Waals surface area contributed by atoms with Crippen LogP contribution in [-0.2, 0) is 6.18 Å². The van der Waals surface area contributed by atoms with Crippen molar-refractivity contribution in [2.45, 2.75) is 12.1 Å². The van der Waals surface area contributed by atoms with Gasteiger partial charge in [0.2, 0.25) is 0 Å². The highest BCUT2D eigenvalue weighted by molar-refractivity contribution is 5.96. The van der Waals surface area contributed by atoms with Crippen molar-refractivity contribution < 1.29 is 27.8 Å². The number of likely N-dealkylation sites (tertiary alicyclic amines) is 1. The number of hydrogen-bond donors (Lipinski definition) is 1. The first-order valence-electron chi connectivity index (χ1n) is 8.64. The first kappa shape index (κ1) is 17.9. The number of carbonyl (C=O) groups is 1. The molecule has 2 aliphatic rings. The number of rotatable bonds is 2. The molecule has 27 heavy (non-hydrogen) atoms. The molecule has 0 unspecified atom stereocenters.